The molecule has 1 amide bonds. The number of carbonyl (C=O) groups is 1. The van der Waals surface area contributed by atoms with Crippen LogP contribution in [0.5, 0.6) is 0 Å². The zero-order valence-corrected chi connectivity index (χ0v) is 12.0. The third-order valence-corrected chi connectivity index (χ3v) is 3.53. The summed E-state index contributed by atoms with van der Waals surface area (Å²) >= 11 is 1.61. The number of aliphatic hydroxyl groups is 1. The second-order valence-electron chi connectivity index (χ2n) is 4.33. The van der Waals surface area contributed by atoms with Crippen LogP contribution in [0.4, 0.5) is 0 Å². The van der Waals surface area contributed by atoms with Crippen LogP contribution in [-0.4, -0.2) is 29.9 Å². The first kappa shape index (κ1) is 15.1. The number of aliphatic hydroxyl groups excluding tert-OH is 1. The van der Waals surface area contributed by atoms with Crippen molar-refractivity contribution in [2.24, 2.45) is 0 Å². The molecule has 4 heteroatoms. The fourth-order valence-corrected chi connectivity index (χ4v) is 2.15. The summed E-state index contributed by atoms with van der Waals surface area (Å²) in [7, 11) is 0. The van der Waals surface area contributed by atoms with E-state index in [0.29, 0.717) is 18.5 Å². The maximum absolute atomic E-state index is 12.0. The van der Waals surface area contributed by atoms with Gasteiger partial charge < -0.3 is 10.4 Å². The highest BCUT2D eigenvalue weighted by atomic mass is 32.2. The number of hydrogen-bond donors (Lipinski definition) is 2. The van der Waals surface area contributed by atoms with E-state index in [1.165, 1.54) is 0 Å². The van der Waals surface area contributed by atoms with Crippen molar-refractivity contribution in [1.82, 2.24) is 5.32 Å². The minimum Gasteiger partial charge on any atom is -0.391 e. The highest BCUT2D eigenvalue weighted by molar-refractivity contribution is 7.98. The van der Waals surface area contributed by atoms with E-state index < -0.39 is 6.10 Å². The Morgan fingerprint density at radius 1 is 1.50 bits per heavy atom. The minimum absolute atomic E-state index is 0.112. The van der Waals surface area contributed by atoms with Gasteiger partial charge in [0, 0.05) is 17.0 Å². The van der Waals surface area contributed by atoms with Gasteiger partial charge in [0.05, 0.1) is 6.10 Å². The van der Waals surface area contributed by atoms with Crippen molar-refractivity contribution >= 4 is 17.7 Å². The van der Waals surface area contributed by atoms with Crippen molar-refractivity contribution in [1.29, 1.82) is 0 Å². The topological polar surface area (TPSA) is 49.3 Å². The lowest BCUT2D eigenvalue weighted by Crippen LogP contribution is -2.32. The Kier molecular flexibility index (Phi) is 6.22. The average molecular weight is 267 g/mol. The van der Waals surface area contributed by atoms with E-state index in [2.05, 4.69) is 5.32 Å². The molecule has 0 spiro atoms. The number of thioether (sulfide) groups is 1. The van der Waals surface area contributed by atoms with Crippen LogP contribution < -0.4 is 5.32 Å². The molecule has 0 aliphatic carbocycles. The Morgan fingerprint density at radius 3 is 2.83 bits per heavy atom. The number of aryl methyl sites for hydroxylation is 1. The van der Waals surface area contributed by atoms with Gasteiger partial charge in [-0.05, 0) is 37.3 Å². The number of benzene rings is 1. The fourth-order valence-electron chi connectivity index (χ4n) is 1.71. The minimum atomic E-state index is -0.456. The summed E-state index contributed by atoms with van der Waals surface area (Å²) in [6.07, 6.45) is 3.16. The van der Waals surface area contributed by atoms with E-state index in [4.69, 9.17) is 0 Å². The maximum Gasteiger partial charge on any atom is 0.251 e. The third kappa shape index (κ3) is 4.35. The van der Waals surface area contributed by atoms with Crippen LogP contribution in [0.1, 0.15) is 35.7 Å². The smallest absolute Gasteiger partial charge is 0.251 e. The zero-order valence-electron chi connectivity index (χ0n) is 11.2. The number of amides is 1. The van der Waals surface area contributed by atoms with Crippen molar-refractivity contribution in [2.45, 2.75) is 37.7 Å². The third-order valence-electron chi connectivity index (χ3n) is 2.81. The van der Waals surface area contributed by atoms with Gasteiger partial charge in [-0.3, -0.25) is 4.79 Å². The Bertz CT molecular complexity index is 407. The quantitative estimate of drug-likeness (QED) is 0.779. The van der Waals surface area contributed by atoms with Crippen LogP contribution in [0.15, 0.2) is 23.1 Å². The molecule has 0 fully saturated rings. The Morgan fingerprint density at radius 2 is 2.22 bits per heavy atom. The summed E-state index contributed by atoms with van der Waals surface area (Å²) in [4.78, 5) is 13.1. The molecule has 1 aromatic carbocycles. The molecule has 3 nitrogen and oxygen atoms in total. The Labute approximate surface area is 113 Å². The first-order chi connectivity index (χ1) is 8.58. The van der Waals surface area contributed by atoms with Crippen LogP contribution in [0.2, 0.25) is 0 Å². The standard InChI is InChI=1S/C14H21NO2S/c1-4-5-11(16)9-15-14(17)13-8-12(18-3)7-6-10(13)2/h6-8,11,16H,4-5,9H2,1-3H3,(H,15,17). The van der Waals surface area contributed by atoms with Crippen molar-refractivity contribution in [2.75, 3.05) is 12.8 Å². The van der Waals surface area contributed by atoms with E-state index in [-0.39, 0.29) is 5.91 Å². The van der Waals surface area contributed by atoms with Gasteiger partial charge in [0.1, 0.15) is 0 Å². The summed E-state index contributed by atoms with van der Waals surface area (Å²) in [5.41, 5.74) is 1.64. The lowest BCUT2D eigenvalue weighted by Gasteiger charge is -2.12. The molecule has 0 aliphatic rings. The predicted molar refractivity (Wildman–Crippen MR) is 76.2 cm³/mol. The molecule has 2 N–H and O–H groups in total. The molecular weight excluding hydrogens is 246 g/mol. The summed E-state index contributed by atoms with van der Waals surface area (Å²) in [5.74, 6) is -0.112. The Balaban J connectivity index is 2.66. The average Bonchev–Trinajstić information content (AvgIpc) is 2.37. The second-order valence-corrected chi connectivity index (χ2v) is 5.21. The molecule has 0 radical (unpaired) electrons. The summed E-state index contributed by atoms with van der Waals surface area (Å²) in [5, 5.41) is 12.4. The van der Waals surface area contributed by atoms with Gasteiger partial charge in [-0.15, -0.1) is 11.8 Å². The van der Waals surface area contributed by atoms with Crippen LogP contribution in [0.3, 0.4) is 0 Å². The van der Waals surface area contributed by atoms with E-state index in [9.17, 15) is 9.90 Å². The molecule has 0 heterocycles. The van der Waals surface area contributed by atoms with E-state index in [0.717, 1.165) is 16.9 Å². The molecule has 0 aliphatic heterocycles. The molecule has 100 valence electrons. The van der Waals surface area contributed by atoms with E-state index in [1.807, 2.05) is 38.3 Å². The molecule has 0 bridgehead atoms. The van der Waals surface area contributed by atoms with Crippen molar-refractivity contribution in [3.05, 3.63) is 29.3 Å². The molecule has 1 atom stereocenters. The largest absolute Gasteiger partial charge is 0.391 e. The number of nitrogens with one attached hydrogen (secondary N) is 1. The monoisotopic (exact) mass is 267 g/mol. The van der Waals surface area contributed by atoms with Crippen LogP contribution in [0.25, 0.3) is 0 Å². The molecule has 0 aromatic heterocycles. The summed E-state index contributed by atoms with van der Waals surface area (Å²) < 4.78 is 0. The summed E-state index contributed by atoms with van der Waals surface area (Å²) in [6.45, 7) is 4.24. The zero-order chi connectivity index (χ0) is 13.5. The first-order valence-corrected chi connectivity index (χ1v) is 7.41. The molecule has 18 heavy (non-hydrogen) atoms. The van der Waals surface area contributed by atoms with Crippen molar-refractivity contribution < 1.29 is 9.90 Å². The highest BCUT2D eigenvalue weighted by Crippen LogP contribution is 2.19. The highest BCUT2D eigenvalue weighted by Gasteiger charge is 2.11. The molecule has 0 saturated carbocycles. The summed E-state index contributed by atoms with van der Waals surface area (Å²) in [6, 6.07) is 5.84. The number of hydrogen-bond acceptors (Lipinski definition) is 3. The van der Waals surface area contributed by atoms with Gasteiger partial charge in [-0.25, -0.2) is 0 Å². The van der Waals surface area contributed by atoms with Crippen molar-refractivity contribution in [3.63, 3.8) is 0 Å². The van der Waals surface area contributed by atoms with Gasteiger partial charge in [-0.1, -0.05) is 19.4 Å². The molecule has 1 unspecified atom stereocenters. The van der Waals surface area contributed by atoms with Gasteiger partial charge in [-0.2, -0.15) is 0 Å². The first-order valence-electron chi connectivity index (χ1n) is 6.19. The van der Waals surface area contributed by atoms with Crippen LogP contribution in [0, 0.1) is 6.92 Å². The lowest BCUT2D eigenvalue weighted by molar-refractivity contribution is 0.0909. The lowest BCUT2D eigenvalue weighted by atomic mass is 10.1. The van der Waals surface area contributed by atoms with Gasteiger partial charge in [0.2, 0.25) is 0 Å². The van der Waals surface area contributed by atoms with Crippen molar-refractivity contribution in [3.8, 4) is 0 Å². The molecule has 0 saturated heterocycles. The molecule has 1 rings (SSSR count). The van der Waals surface area contributed by atoms with Gasteiger partial charge >= 0.3 is 0 Å². The normalized spacial score (nSPS) is 12.2. The second kappa shape index (κ2) is 7.44. The van der Waals surface area contributed by atoms with Crippen LogP contribution >= 0.6 is 11.8 Å². The SMILES string of the molecule is CCCC(O)CNC(=O)c1cc(SC)ccc1C. The van der Waals surface area contributed by atoms with Gasteiger partial charge in [0.25, 0.3) is 5.91 Å². The van der Waals surface area contributed by atoms with Crippen LogP contribution in [-0.2, 0) is 0 Å². The fraction of sp³-hybridized carbons (Fsp3) is 0.500. The Hall–Kier alpha value is -1.00. The molecular formula is C14H21NO2S. The predicted octanol–water partition coefficient (Wildman–Crippen LogP) is 2.61. The molecule has 1 aromatic rings. The van der Waals surface area contributed by atoms with E-state index >= 15 is 0 Å². The van der Waals surface area contributed by atoms with E-state index in [1.54, 1.807) is 11.8 Å². The van der Waals surface area contributed by atoms with Gasteiger partial charge in [0.15, 0.2) is 0 Å². The number of rotatable bonds is 6. The number of carbonyl (C=O) groups excluding carboxylic acids is 1. The maximum atomic E-state index is 12.0.